The number of nitrogens with one attached hydrogen (secondary N) is 2. The van der Waals surface area contributed by atoms with Crippen molar-refractivity contribution in [1.82, 2.24) is 10.6 Å². The van der Waals surface area contributed by atoms with Gasteiger partial charge in [0.2, 0.25) is 5.91 Å². The van der Waals surface area contributed by atoms with Crippen LogP contribution in [0.5, 0.6) is 0 Å². The minimum atomic E-state index is -0.604. The molecule has 0 saturated heterocycles. The molecule has 0 saturated carbocycles. The number of hydrogen-bond donors (Lipinski definition) is 2. The van der Waals surface area contributed by atoms with E-state index in [0.717, 1.165) is 11.1 Å². The first-order valence-electron chi connectivity index (χ1n) is 9.57. The summed E-state index contributed by atoms with van der Waals surface area (Å²) >= 11 is 0. The quantitative estimate of drug-likeness (QED) is 0.553. The fourth-order valence-corrected chi connectivity index (χ4v) is 1.80. The topological polar surface area (TPSA) is 67.4 Å². The van der Waals surface area contributed by atoms with Crippen molar-refractivity contribution in [3.8, 4) is 0 Å². The molecule has 154 valence electrons. The Morgan fingerprint density at radius 1 is 1.04 bits per heavy atom. The fraction of sp³-hybridized carbons (Fsp3) is 0.545. The lowest BCUT2D eigenvalue weighted by Gasteiger charge is -2.21. The predicted molar refractivity (Wildman–Crippen MR) is 114 cm³/mol. The molecule has 0 rings (SSSR count). The van der Waals surface area contributed by atoms with Crippen LogP contribution in [0.4, 0.5) is 4.79 Å². The smallest absolute Gasteiger partial charge is 0.413 e. The second-order valence-corrected chi connectivity index (χ2v) is 6.63. The summed E-state index contributed by atoms with van der Waals surface area (Å²) in [4.78, 5) is 24.3. The first kappa shape index (κ1) is 26.9. The van der Waals surface area contributed by atoms with E-state index in [2.05, 4.69) is 10.6 Å². The van der Waals surface area contributed by atoms with Gasteiger partial charge in [-0.25, -0.2) is 4.79 Å². The Hall–Kier alpha value is -2.30. The average molecular weight is 379 g/mol. The number of hydrogen-bond acceptors (Lipinski definition) is 3. The molecule has 0 fully saturated rings. The number of rotatable bonds is 7. The molecule has 0 unspecified atom stereocenters. The maximum Gasteiger partial charge on any atom is 0.413 e. The zero-order valence-electron chi connectivity index (χ0n) is 18.5. The molecule has 0 spiro atoms. The highest BCUT2D eigenvalue weighted by Crippen LogP contribution is 2.10. The summed E-state index contributed by atoms with van der Waals surface area (Å²) in [6, 6.07) is 0. The summed E-state index contributed by atoms with van der Waals surface area (Å²) in [5.74, 6) is 0.181. The third-order valence-electron chi connectivity index (χ3n) is 3.10. The van der Waals surface area contributed by atoms with E-state index in [-0.39, 0.29) is 12.3 Å². The molecule has 0 radical (unpaired) electrons. The Kier molecular flexibility index (Phi) is 14.8. The summed E-state index contributed by atoms with van der Waals surface area (Å²) in [5, 5.41) is 5.42. The van der Waals surface area contributed by atoms with Gasteiger partial charge in [-0.1, -0.05) is 51.2 Å². The van der Waals surface area contributed by atoms with Crippen LogP contribution in [0, 0.1) is 0 Å². The molecule has 0 atom stereocenters. The van der Waals surface area contributed by atoms with Gasteiger partial charge in [0.05, 0.1) is 6.42 Å². The van der Waals surface area contributed by atoms with Crippen LogP contribution in [0.25, 0.3) is 0 Å². The van der Waals surface area contributed by atoms with Crippen LogP contribution in [0.3, 0.4) is 0 Å². The molecule has 0 aromatic heterocycles. The van der Waals surface area contributed by atoms with Crippen LogP contribution in [0.1, 0.15) is 75.2 Å². The molecule has 0 aliphatic carbocycles. The van der Waals surface area contributed by atoms with E-state index >= 15 is 0 Å². The van der Waals surface area contributed by atoms with Crippen molar-refractivity contribution < 1.29 is 14.3 Å². The van der Waals surface area contributed by atoms with Crippen LogP contribution in [0.15, 0.2) is 47.3 Å². The van der Waals surface area contributed by atoms with E-state index < -0.39 is 11.7 Å². The van der Waals surface area contributed by atoms with E-state index in [9.17, 15) is 9.59 Å². The summed E-state index contributed by atoms with van der Waals surface area (Å²) in [6.45, 7) is 17.0. The lowest BCUT2D eigenvalue weighted by molar-refractivity contribution is -0.119. The third kappa shape index (κ3) is 14.5. The van der Waals surface area contributed by atoms with E-state index in [1.165, 1.54) is 0 Å². The SMILES string of the molecule is CC.C\C=C/C=C(\C=C/C)CC(=O)N/C(NC(=O)OC(C)(C)C)=C(\C)CC. The maximum absolute atomic E-state index is 12.4. The first-order valence-corrected chi connectivity index (χ1v) is 9.57. The van der Waals surface area contributed by atoms with Gasteiger partial charge in [0.25, 0.3) is 0 Å². The Morgan fingerprint density at radius 3 is 2.07 bits per heavy atom. The number of allylic oxidation sites excluding steroid dienone is 6. The number of carbonyl (C=O) groups excluding carboxylic acids is 2. The Morgan fingerprint density at radius 2 is 1.63 bits per heavy atom. The molecule has 2 amide bonds. The fourth-order valence-electron chi connectivity index (χ4n) is 1.80. The zero-order chi connectivity index (χ0) is 21.5. The van der Waals surface area contributed by atoms with E-state index in [1.807, 2.05) is 71.9 Å². The van der Waals surface area contributed by atoms with Crippen LogP contribution in [0.2, 0.25) is 0 Å². The lowest BCUT2D eigenvalue weighted by Crippen LogP contribution is -2.39. The van der Waals surface area contributed by atoms with Crippen molar-refractivity contribution in [2.45, 2.75) is 80.8 Å². The first-order chi connectivity index (χ1) is 12.6. The Labute approximate surface area is 165 Å². The molecule has 0 aliphatic rings. The van der Waals surface area contributed by atoms with E-state index in [0.29, 0.717) is 12.2 Å². The Bertz CT molecular complexity index is 577. The molecule has 0 bridgehead atoms. The molecule has 5 nitrogen and oxygen atoms in total. The molecule has 2 N–H and O–H groups in total. The largest absolute Gasteiger partial charge is 0.444 e. The van der Waals surface area contributed by atoms with Crippen molar-refractivity contribution in [2.75, 3.05) is 0 Å². The van der Waals surface area contributed by atoms with Gasteiger partial charge in [-0.15, -0.1) is 0 Å². The molecule has 27 heavy (non-hydrogen) atoms. The zero-order valence-corrected chi connectivity index (χ0v) is 18.5. The van der Waals surface area contributed by atoms with Gasteiger partial charge in [-0.3, -0.25) is 10.1 Å². The second kappa shape index (κ2) is 14.8. The standard InChI is InChI=1S/C20H32N2O3.C2H6/c1-8-11-13-16(12-9-2)14-17(23)21-18(15(4)10-3)22-19(24)25-20(5,6)7;1-2/h8-9,11-13H,10,14H2,1-7H3,(H,21,23)(H,22,24);1-2H3/b11-8-,12-9-,16-13+,18-15-;. The molecular formula is C22H38N2O3. The summed E-state index contributed by atoms with van der Waals surface area (Å²) < 4.78 is 5.25. The molecular weight excluding hydrogens is 340 g/mol. The van der Waals surface area contributed by atoms with Gasteiger partial charge in [0.15, 0.2) is 0 Å². The van der Waals surface area contributed by atoms with Gasteiger partial charge < -0.3 is 10.1 Å². The minimum Gasteiger partial charge on any atom is -0.444 e. The number of ether oxygens (including phenoxy) is 1. The highest BCUT2D eigenvalue weighted by molar-refractivity contribution is 5.82. The van der Waals surface area contributed by atoms with Gasteiger partial charge >= 0.3 is 6.09 Å². The van der Waals surface area contributed by atoms with E-state index in [1.54, 1.807) is 20.8 Å². The van der Waals surface area contributed by atoms with Crippen molar-refractivity contribution in [1.29, 1.82) is 0 Å². The molecule has 0 aliphatic heterocycles. The van der Waals surface area contributed by atoms with Crippen molar-refractivity contribution in [2.24, 2.45) is 0 Å². The summed E-state index contributed by atoms with van der Waals surface area (Å²) in [6.07, 6.45) is 9.76. The third-order valence-corrected chi connectivity index (χ3v) is 3.10. The van der Waals surface area contributed by atoms with Crippen LogP contribution >= 0.6 is 0 Å². The molecule has 0 aromatic carbocycles. The number of alkyl carbamates (subject to hydrolysis) is 1. The van der Waals surface area contributed by atoms with Crippen LogP contribution in [-0.4, -0.2) is 17.6 Å². The van der Waals surface area contributed by atoms with E-state index in [4.69, 9.17) is 4.74 Å². The highest BCUT2D eigenvalue weighted by atomic mass is 16.6. The van der Waals surface area contributed by atoms with Gasteiger partial charge in [0.1, 0.15) is 11.4 Å². The predicted octanol–water partition coefficient (Wildman–Crippen LogP) is 5.76. The number of amides is 2. The summed E-state index contributed by atoms with van der Waals surface area (Å²) in [7, 11) is 0. The lowest BCUT2D eigenvalue weighted by atomic mass is 10.1. The molecule has 0 aromatic rings. The monoisotopic (exact) mass is 378 g/mol. The second-order valence-electron chi connectivity index (χ2n) is 6.63. The Balaban J connectivity index is 0. The van der Waals surface area contributed by atoms with Crippen molar-refractivity contribution >= 4 is 12.0 Å². The average Bonchev–Trinajstić information content (AvgIpc) is 2.58. The highest BCUT2D eigenvalue weighted by Gasteiger charge is 2.18. The van der Waals surface area contributed by atoms with Crippen LogP contribution < -0.4 is 10.6 Å². The summed E-state index contributed by atoms with van der Waals surface area (Å²) in [5.41, 5.74) is 1.14. The normalized spacial score (nSPS) is 13.0. The van der Waals surface area contributed by atoms with Crippen LogP contribution in [-0.2, 0) is 9.53 Å². The number of carbonyl (C=O) groups is 2. The van der Waals surface area contributed by atoms with Crippen molar-refractivity contribution in [3.63, 3.8) is 0 Å². The van der Waals surface area contributed by atoms with Gasteiger partial charge in [-0.2, -0.15) is 0 Å². The van der Waals surface area contributed by atoms with Gasteiger partial charge in [0, 0.05) is 0 Å². The molecule has 5 heteroatoms. The van der Waals surface area contributed by atoms with Crippen molar-refractivity contribution in [3.05, 3.63) is 47.3 Å². The minimum absolute atomic E-state index is 0.201. The molecule has 0 heterocycles. The van der Waals surface area contributed by atoms with Gasteiger partial charge in [-0.05, 0) is 59.1 Å². The maximum atomic E-state index is 12.4.